The van der Waals surface area contributed by atoms with E-state index >= 15 is 0 Å². The zero-order chi connectivity index (χ0) is 16.8. The van der Waals surface area contributed by atoms with Crippen LogP contribution in [-0.4, -0.2) is 34.4 Å². The lowest BCUT2D eigenvalue weighted by Gasteiger charge is -2.08. The third kappa shape index (κ3) is 4.75. The molecule has 0 fully saturated rings. The number of anilines is 1. The van der Waals surface area contributed by atoms with E-state index in [2.05, 4.69) is 20.3 Å². The van der Waals surface area contributed by atoms with Crippen LogP contribution in [0.1, 0.15) is 17.3 Å². The lowest BCUT2D eigenvalue weighted by molar-refractivity contribution is -0.139. The zero-order valence-electron chi connectivity index (χ0n) is 12.4. The molecule has 1 heterocycles. The van der Waals surface area contributed by atoms with Crippen LogP contribution in [-0.2, 0) is 9.53 Å². The van der Waals surface area contributed by atoms with Gasteiger partial charge >= 0.3 is 5.97 Å². The maximum Gasteiger partial charge on any atom is 0.318 e. The summed E-state index contributed by atoms with van der Waals surface area (Å²) in [6.07, 6.45) is 0. The van der Waals surface area contributed by atoms with E-state index in [0.717, 1.165) is 6.07 Å². The number of ether oxygens (including phenoxy) is 1. The molecule has 0 aliphatic carbocycles. The van der Waals surface area contributed by atoms with Crippen LogP contribution in [0.15, 0.2) is 41.4 Å². The van der Waals surface area contributed by atoms with Crippen LogP contribution in [0, 0.1) is 5.82 Å². The molecule has 1 amide bonds. The van der Waals surface area contributed by atoms with Gasteiger partial charge in [0.2, 0.25) is 0 Å². The Kier molecular flexibility index (Phi) is 5.64. The average Bonchev–Trinajstić information content (AvgIpc) is 2.55. The minimum absolute atomic E-state index is 0.185. The quantitative estimate of drug-likeness (QED) is 0.668. The van der Waals surface area contributed by atoms with E-state index < -0.39 is 17.0 Å². The van der Waals surface area contributed by atoms with E-state index in [1.54, 1.807) is 19.1 Å². The molecule has 0 spiro atoms. The number of aromatic nitrogens is 2. The third-order valence-corrected chi connectivity index (χ3v) is 3.80. The number of hydrogen-bond donors (Lipinski definition) is 1. The van der Waals surface area contributed by atoms with Gasteiger partial charge in [-0.05, 0) is 37.3 Å². The van der Waals surface area contributed by atoms with Crippen LogP contribution < -0.4 is 5.32 Å². The van der Waals surface area contributed by atoms with Crippen molar-refractivity contribution in [2.75, 3.05) is 12.4 Å². The van der Waals surface area contributed by atoms with Crippen molar-refractivity contribution in [1.29, 1.82) is 0 Å². The molecular weight excluding hydrogens is 321 g/mol. The first-order valence-electron chi connectivity index (χ1n) is 6.64. The second-order valence-corrected chi connectivity index (χ2v) is 5.87. The standard InChI is InChI=1S/C15H14FN3O3S/c1-9(15(21)22-2)23-13-7-6-12(18-19-13)17-14(20)10-4-3-5-11(16)8-10/h3-9H,1-2H3,(H,17,18,20)/t9-/m0/s1. The Morgan fingerprint density at radius 2 is 2.04 bits per heavy atom. The number of halogens is 1. The summed E-state index contributed by atoms with van der Waals surface area (Å²) in [5, 5.41) is 10.4. The number of nitrogens with zero attached hydrogens (tertiary/aromatic N) is 2. The zero-order valence-corrected chi connectivity index (χ0v) is 13.3. The summed E-state index contributed by atoms with van der Waals surface area (Å²) in [5.41, 5.74) is 0.185. The highest BCUT2D eigenvalue weighted by molar-refractivity contribution is 8.00. The maximum absolute atomic E-state index is 13.1. The number of nitrogens with one attached hydrogen (secondary N) is 1. The summed E-state index contributed by atoms with van der Waals surface area (Å²) >= 11 is 1.19. The molecule has 0 bridgehead atoms. The summed E-state index contributed by atoms with van der Waals surface area (Å²) in [6, 6.07) is 8.50. The third-order valence-electron chi connectivity index (χ3n) is 2.80. The number of carbonyl (C=O) groups is 2. The molecule has 0 unspecified atom stereocenters. The van der Waals surface area contributed by atoms with Crippen molar-refractivity contribution >= 4 is 29.5 Å². The normalized spacial score (nSPS) is 11.6. The van der Waals surface area contributed by atoms with E-state index in [9.17, 15) is 14.0 Å². The molecule has 6 nitrogen and oxygen atoms in total. The fourth-order valence-electron chi connectivity index (χ4n) is 1.66. The van der Waals surface area contributed by atoms with Gasteiger partial charge in [0.15, 0.2) is 5.82 Å². The maximum atomic E-state index is 13.1. The van der Waals surface area contributed by atoms with Gasteiger partial charge in [-0.3, -0.25) is 9.59 Å². The Morgan fingerprint density at radius 3 is 2.65 bits per heavy atom. The Balaban J connectivity index is 2.00. The van der Waals surface area contributed by atoms with Crippen LogP contribution in [0.2, 0.25) is 0 Å². The smallest absolute Gasteiger partial charge is 0.318 e. The van der Waals surface area contributed by atoms with E-state index in [1.165, 1.54) is 37.1 Å². The van der Waals surface area contributed by atoms with Crippen molar-refractivity contribution < 1.29 is 18.7 Å². The van der Waals surface area contributed by atoms with Crippen LogP contribution in [0.3, 0.4) is 0 Å². The van der Waals surface area contributed by atoms with Crippen LogP contribution in [0.4, 0.5) is 10.2 Å². The summed E-state index contributed by atoms with van der Waals surface area (Å²) in [5.74, 6) is -1.11. The predicted octanol–water partition coefficient (Wildman–Crippen LogP) is 2.52. The number of methoxy groups -OCH3 is 1. The van der Waals surface area contributed by atoms with E-state index in [4.69, 9.17) is 0 Å². The van der Waals surface area contributed by atoms with E-state index in [-0.39, 0.29) is 17.4 Å². The fourth-order valence-corrected chi connectivity index (χ4v) is 2.45. The van der Waals surface area contributed by atoms with Gasteiger partial charge in [0, 0.05) is 5.56 Å². The molecule has 0 saturated heterocycles. The van der Waals surface area contributed by atoms with E-state index in [0.29, 0.717) is 5.03 Å². The molecule has 1 aromatic heterocycles. The largest absolute Gasteiger partial charge is 0.468 e. The molecule has 23 heavy (non-hydrogen) atoms. The van der Waals surface area contributed by atoms with Gasteiger partial charge in [-0.25, -0.2) is 4.39 Å². The van der Waals surface area contributed by atoms with Crippen molar-refractivity contribution in [2.24, 2.45) is 0 Å². The van der Waals surface area contributed by atoms with Crippen LogP contribution in [0.25, 0.3) is 0 Å². The number of benzene rings is 1. The molecule has 8 heteroatoms. The number of hydrogen-bond acceptors (Lipinski definition) is 6. The predicted molar refractivity (Wildman–Crippen MR) is 83.7 cm³/mol. The number of thioether (sulfide) groups is 1. The van der Waals surface area contributed by atoms with Gasteiger partial charge in [-0.1, -0.05) is 17.8 Å². The monoisotopic (exact) mass is 335 g/mol. The highest BCUT2D eigenvalue weighted by Gasteiger charge is 2.15. The lowest BCUT2D eigenvalue weighted by atomic mass is 10.2. The molecule has 120 valence electrons. The molecule has 2 rings (SSSR count). The molecule has 1 N–H and O–H groups in total. The Bertz CT molecular complexity index is 709. The van der Waals surface area contributed by atoms with Crippen molar-refractivity contribution in [3.63, 3.8) is 0 Å². The fraction of sp³-hybridized carbons (Fsp3) is 0.200. The molecule has 0 saturated carbocycles. The Labute approximate surface area is 136 Å². The molecule has 0 aliphatic rings. The van der Waals surface area contributed by atoms with Gasteiger partial charge in [0.05, 0.1) is 7.11 Å². The summed E-state index contributed by atoms with van der Waals surface area (Å²) in [7, 11) is 1.32. The number of esters is 1. The second-order valence-electron chi connectivity index (χ2n) is 4.50. The number of amides is 1. The topological polar surface area (TPSA) is 81.2 Å². The Morgan fingerprint density at radius 1 is 1.26 bits per heavy atom. The van der Waals surface area contributed by atoms with Gasteiger partial charge in [0.25, 0.3) is 5.91 Å². The van der Waals surface area contributed by atoms with E-state index in [1.807, 2.05) is 0 Å². The molecular formula is C15H14FN3O3S. The minimum Gasteiger partial charge on any atom is -0.468 e. The van der Waals surface area contributed by atoms with Crippen molar-refractivity contribution in [2.45, 2.75) is 17.2 Å². The number of rotatable bonds is 5. The molecule has 0 aliphatic heterocycles. The van der Waals surface area contributed by atoms with Crippen LogP contribution >= 0.6 is 11.8 Å². The van der Waals surface area contributed by atoms with Gasteiger partial charge in [-0.15, -0.1) is 10.2 Å². The second kappa shape index (κ2) is 7.68. The molecule has 1 aromatic carbocycles. The molecule has 0 radical (unpaired) electrons. The first-order valence-corrected chi connectivity index (χ1v) is 7.52. The summed E-state index contributed by atoms with van der Waals surface area (Å²) < 4.78 is 17.7. The molecule has 1 atom stereocenters. The van der Waals surface area contributed by atoms with Crippen molar-refractivity contribution in [3.8, 4) is 0 Å². The van der Waals surface area contributed by atoms with Crippen molar-refractivity contribution in [3.05, 3.63) is 47.8 Å². The average molecular weight is 335 g/mol. The van der Waals surface area contributed by atoms with Crippen molar-refractivity contribution in [1.82, 2.24) is 10.2 Å². The minimum atomic E-state index is -0.493. The summed E-state index contributed by atoms with van der Waals surface area (Å²) in [6.45, 7) is 1.69. The lowest BCUT2D eigenvalue weighted by Crippen LogP contribution is -2.15. The van der Waals surface area contributed by atoms with Gasteiger partial charge in [0.1, 0.15) is 16.1 Å². The SMILES string of the molecule is COC(=O)[C@H](C)Sc1ccc(NC(=O)c2cccc(F)c2)nn1. The molecule has 2 aromatic rings. The highest BCUT2D eigenvalue weighted by Crippen LogP contribution is 2.21. The summed E-state index contributed by atoms with van der Waals surface area (Å²) in [4.78, 5) is 23.3. The van der Waals surface area contributed by atoms with Gasteiger partial charge in [-0.2, -0.15) is 0 Å². The Hall–Kier alpha value is -2.48. The first-order chi connectivity index (χ1) is 11.0. The van der Waals surface area contributed by atoms with Crippen LogP contribution in [0.5, 0.6) is 0 Å². The first kappa shape index (κ1) is 16.9. The van der Waals surface area contributed by atoms with Gasteiger partial charge < -0.3 is 10.1 Å². The number of carbonyl (C=O) groups excluding carboxylic acids is 2. The highest BCUT2D eigenvalue weighted by atomic mass is 32.2.